The fraction of sp³-hybridized carbons (Fsp3) is 1.00. The van der Waals surface area contributed by atoms with Gasteiger partial charge in [0.15, 0.2) is 6.29 Å². The number of hydrogen-bond acceptors (Lipinski definition) is 8. The molecule has 2 saturated heterocycles. The van der Waals surface area contributed by atoms with Crippen LogP contribution in [0.2, 0.25) is 0 Å². The van der Waals surface area contributed by atoms with Crippen LogP contribution in [0.15, 0.2) is 0 Å². The number of ether oxygens (including phenoxy) is 3. The zero-order valence-corrected chi connectivity index (χ0v) is 14.1. The maximum atomic E-state index is 10.1. The fourth-order valence-corrected chi connectivity index (χ4v) is 3.46. The summed E-state index contributed by atoms with van der Waals surface area (Å²) in [6.45, 7) is -0.850. The molecule has 0 spiro atoms. The molecule has 0 aromatic rings. The molecule has 23 heavy (non-hydrogen) atoms. The first-order valence-electron chi connectivity index (χ1n) is 6.91. The molecule has 0 bridgehead atoms. The number of aliphatic hydroxyl groups excluding tert-OH is 5. The topological polar surface area (TPSA) is 129 Å². The van der Waals surface area contributed by atoms with E-state index in [4.69, 9.17) is 49.0 Å². The van der Waals surface area contributed by atoms with Gasteiger partial charge < -0.3 is 39.7 Å². The van der Waals surface area contributed by atoms with Crippen molar-refractivity contribution in [3.05, 3.63) is 0 Å². The molecule has 8 nitrogen and oxygen atoms in total. The van der Waals surface area contributed by atoms with E-state index < -0.39 is 60.7 Å². The van der Waals surface area contributed by atoms with E-state index in [0.29, 0.717) is 0 Å². The van der Waals surface area contributed by atoms with E-state index in [1.165, 1.54) is 0 Å². The molecule has 0 radical (unpaired) electrons. The van der Waals surface area contributed by atoms with E-state index in [-0.39, 0.29) is 11.8 Å². The summed E-state index contributed by atoms with van der Waals surface area (Å²) in [5, 5.41) is 48.5. The maximum Gasteiger partial charge on any atom is 0.224 e. The number of halogens is 3. The average molecular weight is 398 g/mol. The maximum absolute atomic E-state index is 10.1. The van der Waals surface area contributed by atoms with Gasteiger partial charge >= 0.3 is 0 Å². The van der Waals surface area contributed by atoms with Crippen molar-refractivity contribution < 1.29 is 39.7 Å². The lowest BCUT2D eigenvalue weighted by molar-refractivity contribution is -0.368. The van der Waals surface area contributed by atoms with Crippen molar-refractivity contribution in [3.8, 4) is 0 Å². The Morgan fingerprint density at radius 3 is 2.04 bits per heavy atom. The molecule has 11 heteroatoms. The summed E-state index contributed by atoms with van der Waals surface area (Å²) >= 11 is 17.2. The lowest BCUT2D eigenvalue weighted by Crippen LogP contribution is -2.61. The molecule has 0 unspecified atom stereocenters. The van der Waals surface area contributed by atoms with Crippen LogP contribution in [-0.2, 0) is 14.2 Å². The Morgan fingerprint density at radius 2 is 1.57 bits per heavy atom. The molecule has 2 aliphatic heterocycles. The lowest BCUT2D eigenvalue weighted by atomic mass is 10.0. The van der Waals surface area contributed by atoms with E-state index in [1.807, 2.05) is 0 Å². The van der Waals surface area contributed by atoms with Gasteiger partial charge in [-0.25, -0.2) is 0 Å². The summed E-state index contributed by atoms with van der Waals surface area (Å²) in [5.41, 5.74) is 0. The van der Waals surface area contributed by atoms with Gasteiger partial charge in [-0.1, -0.05) is 0 Å². The molecule has 0 aromatic heterocycles. The molecular weight excluding hydrogens is 378 g/mol. The standard InChI is InChI=1S/C12H19Cl3O8/c13-1-4-6(15)8(18)9(19)11(21-4)23-12(3-16)10(20)7(17)5(2-14)22-12/h4-11,16-20H,1-3H2/t4-,5-,6+,7-,8+,9-,10+,11-,12-/m1/s1. The summed E-state index contributed by atoms with van der Waals surface area (Å²) in [5.74, 6) is -2.31. The molecular formula is C12H19Cl3O8. The summed E-state index contributed by atoms with van der Waals surface area (Å²) in [4.78, 5) is 0. The van der Waals surface area contributed by atoms with Crippen molar-refractivity contribution in [3.63, 3.8) is 0 Å². The van der Waals surface area contributed by atoms with Crippen LogP contribution >= 0.6 is 34.8 Å². The van der Waals surface area contributed by atoms with Crippen molar-refractivity contribution >= 4 is 34.8 Å². The number of alkyl halides is 3. The molecule has 5 N–H and O–H groups in total. The van der Waals surface area contributed by atoms with Crippen LogP contribution in [0.4, 0.5) is 0 Å². The van der Waals surface area contributed by atoms with Gasteiger partial charge in [0, 0.05) is 0 Å². The summed E-state index contributed by atoms with van der Waals surface area (Å²) < 4.78 is 16.0. The smallest absolute Gasteiger partial charge is 0.224 e. The van der Waals surface area contributed by atoms with Crippen LogP contribution in [0.1, 0.15) is 0 Å². The van der Waals surface area contributed by atoms with Gasteiger partial charge in [0.2, 0.25) is 5.79 Å². The Labute approximate surface area is 147 Å². The third-order valence-electron chi connectivity index (χ3n) is 3.97. The highest BCUT2D eigenvalue weighted by Gasteiger charge is 2.58. The molecule has 2 aliphatic rings. The van der Waals surface area contributed by atoms with Gasteiger partial charge in [-0.05, 0) is 0 Å². The first-order chi connectivity index (χ1) is 10.8. The third kappa shape index (κ3) is 3.58. The Kier molecular flexibility index (Phi) is 6.77. The second-order valence-corrected chi connectivity index (χ2v) is 6.58. The van der Waals surface area contributed by atoms with E-state index in [1.54, 1.807) is 0 Å². The predicted octanol–water partition coefficient (Wildman–Crippen LogP) is -1.66. The number of rotatable bonds is 5. The zero-order valence-electron chi connectivity index (χ0n) is 11.8. The van der Waals surface area contributed by atoms with Gasteiger partial charge in [-0.15, -0.1) is 34.8 Å². The van der Waals surface area contributed by atoms with Gasteiger partial charge in [0.05, 0.1) is 23.2 Å². The molecule has 0 amide bonds. The monoisotopic (exact) mass is 396 g/mol. The summed E-state index contributed by atoms with van der Waals surface area (Å²) in [7, 11) is 0. The molecule has 0 saturated carbocycles. The van der Waals surface area contributed by atoms with Crippen molar-refractivity contribution in [1.29, 1.82) is 0 Å². The molecule has 0 aliphatic carbocycles. The fourth-order valence-electron chi connectivity index (χ4n) is 2.56. The van der Waals surface area contributed by atoms with Gasteiger partial charge in [-0.2, -0.15) is 0 Å². The first kappa shape index (κ1) is 19.9. The normalized spacial score (nSPS) is 51.1. The van der Waals surface area contributed by atoms with Crippen LogP contribution in [0.3, 0.4) is 0 Å². The van der Waals surface area contributed by atoms with Crippen molar-refractivity contribution in [1.82, 2.24) is 0 Å². The van der Waals surface area contributed by atoms with E-state index in [9.17, 15) is 25.5 Å². The van der Waals surface area contributed by atoms with E-state index in [0.717, 1.165) is 0 Å². The second kappa shape index (κ2) is 7.84. The number of hydrogen-bond donors (Lipinski definition) is 5. The van der Waals surface area contributed by atoms with Crippen LogP contribution in [-0.4, -0.2) is 98.0 Å². The predicted molar refractivity (Wildman–Crippen MR) is 79.5 cm³/mol. The average Bonchev–Trinajstić information content (AvgIpc) is 2.80. The molecule has 2 rings (SSSR count). The molecule has 0 aromatic carbocycles. The van der Waals surface area contributed by atoms with Crippen LogP contribution in [0, 0.1) is 0 Å². The highest BCUT2D eigenvalue weighted by Crippen LogP contribution is 2.37. The Morgan fingerprint density at radius 1 is 0.957 bits per heavy atom. The Hall–Kier alpha value is 0.550. The minimum Gasteiger partial charge on any atom is -0.391 e. The van der Waals surface area contributed by atoms with Crippen molar-refractivity contribution in [2.45, 2.75) is 54.1 Å². The number of aliphatic hydroxyl groups is 5. The van der Waals surface area contributed by atoms with E-state index >= 15 is 0 Å². The lowest BCUT2D eigenvalue weighted by Gasteiger charge is -2.43. The Balaban J connectivity index is 2.18. The van der Waals surface area contributed by atoms with Crippen LogP contribution in [0.25, 0.3) is 0 Å². The molecule has 2 heterocycles. The molecule has 9 atom stereocenters. The van der Waals surface area contributed by atoms with Gasteiger partial charge in [-0.3, -0.25) is 0 Å². The second-order valence-electron chi connectivity index (χ2n) is 5.46. The zero-order chi connectivity index (χ0) is 17.4. The summed E-state index contributed by atoms with van der Waals surface area (Å²) in [6.07, 6.45) is -9.38. The van der Waals surface area contributed by atoms with Crippen molar-refractivity contribution in [2.24, 2.45) is 0 Å². The SMILES string of the molecule is OC[C@]1(O[C@H]2O[C@H](CCl)[C@H](Cl)[C@H](O)[C@H]2O)O[C@H](CCl)[C@@H](O)[C@@H]1O. The highest BCUT2D eigenvalue weighted by atomic mass is 35.5. The molecule has 136 valence electrons. The van der Waals surface area contributed by atoms with Gasteiger partial charge in [0.1, 0.15) is 37.1 Å². The van der Waals surface area contributed by atoms with Crippen LogP contribution in [0.5, 0.6) is 0 Å². The van der Waals surface area contributed by atoms with Crippen LogP contribution < -0.4 is 0 Å². The van der Waals surface area contributed by atoms with E-state index in [2.05, 4.69) is 0 Å². The minimum absolute atomic E-state index is 0.0831. The Bertz CT molecular complexity index is 403. The largest absolute Gasteiger partial charge is 0.391 e. The first-order valence-corrected chi connectivity index (χ1v) is 8.42. The molecule has 2 fully saturated rings. The third-order valence-corrected chi connectivity index (χ3v) is 5.11. The highest BCUT2D eigenvalue weighted by molar-refractivity contribution is 6.23. The van der Waals surface area contributed by atoms with Crippen molar-refractivity contribution in [2.75, 3.05) is 18.4 Å². The van der Waals surface area contributed by atoms with Gasteiger partial charge in [0.25, 0.3) is 0 Å². The minimum atomic E-state index is -2.07. The quantitative estimate of drug-likeness (QED) is 0.349. The summed E-state index contributed by atoms with van der Waals surface area (Å²) in [6, 6.07) is 0.